The van der Waals surface area contributed by atoms with Crippen LogP contribution in [0.1, 0.15) is 19.0 Å². The van der Waals surface area contributed by atoms with Crippen LogP contribution in [0.5, 0.6) is 5.75 Å². The summed E-state index contributed by atoms with van der Waals surface area (Å²) in [6, 6.07) is 7.68. The number of nitrogens with zero attached hydrogens (tertiary/aromatic N) is 3. The first kappa shape index (κ1) is 12.6. The van der Waals surface area contributed by atoms with Crippen LogP contribution in [0.25, 0.3) is 5.69 Å². The van der Waals surface area contributed by atoms with Crippen molar-refractivity contribution in [3.63, 3.8) is 0 Å². The van der Waals surface area contributed by atoms with Gasteiger partial charge in [0.2, 0.25) is 0 Å². The Hall–Kier alpha value is -1.88. The highest BCUT2D eigenvalue weighted by Gasteiger charge is 2.03. The van der Waals surface area contributed by atoms with Gasteiger partial charge in [0.1, 0.15) is 5.75 Å². The fourth-order valence-electron chi connectivity index (χ4n) is 1.63. The summed E-state index contributed by atoms with van der Waals surface area (Å²) in [5.74, 6) is 0.801. The summed E-state index contributed by atoms with van der Waals surface area (Å²) >= 11 is 0. The molecule has 5 nitrogen and oxygen atoms in total. The molecule has 0 saturated heterocycles. The first-order valence-corrected chi connectivity index (χ1v) is 6.10. The van der Waals surface area contributed by atoms with Crippen molar-refractivity contribution < 1.29 is 4.74 Å². The second-order valence-corrected chi connectivity index (χ2v) is 4.00. The van der Waals surface area contributed by atoms with E-state index < -0.39 is 0 Å². The Morgan fingerprint density at radius 3 is 3.06 bits per heavy atom. The lowest BCUT2D eigenvalue weighted by molar-refractivity contribution is 0.414. The number of hydrogen-bond acceptors (Lipinski definition) is 4. The molecule has 0 spiro atoms. The lowest BCUT2D eigenvalue weighted by atomic mass is 10.3. The van der Waals surface area contributed by atoms with Crippen molar-refractivity contribution in [2.24, 2.45) is 0 Å². The van der Waals surface area contributed by atoms with Crippen LogP contribution in [0.4, 0.5) is 0 Å². The summed E-state index contributed by atoms with van der Waals surface area (Å²) in [6.45, 7) is 3.88. The van der Waals surface area contributed by atoms with Gasteiger partial charge in [-0.15, -0.1) is 0 Å². The highest BCUT2D eigenvalue weighted by molar-refractivity contribution is 5.37. The van der Waals surface area contributed by atoms with Crippen LogP contribution in [-0.2, 0) is 6.54 Å². The van der Waals surface area contributed by atoms with E-state index in [9.17, 15) is 0 Å². The monoisotopic (exact) mass is 246 g/mol. The highest BCUT2D eigenvalue weighted by Crippen LogP contribution is 2.14. The minimum absolute atomic E-state index is 0.748. The topological polar surface area (TPSA) is 52.0 Å². The smallest absolute Gasteiger partial charge is 0.121 e. The van der Waals surface area contributed by atoms with E-state index in [-0.39, 0.29) is 0 Å². The van der Waals surface area contributed by atoms with Gasteiger partial charge < -0.3 is 10.1 Å². The molecular weight excluding hydrogens is 228 g/mol. The standard InChI is InChI=1S/C13H18N4O/c1-3-7-14-9-11-10-15-17(16-11)12-5-4-6-13(8-12)18-2/h4-6,8,10,14H,3,7,9H2,1-2H3. The van der Waals surface area contributed by atoms with Gasteiger partial charge in [-0.3, -0.25) is 0 Å². The van der Waals surface area contributed by atoms with Crippen LogP contribution in [0.2, 0.25) is 0 Å². The molecule has 0 amide bonds. The fraction of sp³-hybridized carbons (Fsp3) is 0.385. The van der Waals surface area contributed by atoms with Gasteiger partial charge in [0, 0.05) is 12.6 Å². The predicted molar refractivity (Wildman–Crippen MR) is 69.9 cm³/mol. The number of aromatic nitrogens is 3. The molecule has 0 radical (unpaired) electrons. The van der Waals surface area contributed by atoms with Crippen molar-refractivity contribution in [3.05, 3.63) is 36.2 Å². The van der Waals surface area contributed by atoms with Crippen molar-refractivity contribution in [2.75, 3.05) is 13.7 Å². The van der Waals surface area contributed by atoms with Crippen LogP contribution < -0.4 is 10.1 Å². The van der Waals surface area contributed by atoms with Gasteiger partial charge in [-0.1, -0.05) is 13.0 Å². The zero-order valence-electron chi connectivity index (χ0n) is 10.8. The molecule has 1 heterocycles. The summed E-state index contributed by atoms with van der Waals surface area (Å²) in [6.07, 6.45) is 2.89. The molecule has 0 saturated carbocycles. The molecule has 1 N–H and O–H groups in total. The fourth-order valence-corrected chi connectivity index (χ4v) is 1.63. The highest BCUT2D eigenvalue weighted by atomic mass is 16.5. The van der Waals surface area contributed by atoms with Gasteiger partial charge in [0.05, 0.1) is 24.7 Å². The van der Waals surface area contributed by atoms with Crippen LogP contribution in [0, 0.1) is 0 Å². The number of hydrogen-bond donors (Lipinski definition) is 1. The largest absolute Gasteiger partial charge is 0.497 e. The van der Waals surface area contributed by atoms with Gasteiger partial charge in [-0.25, -0.2) is 0 Å². The van der Waals surface area contributed by atoms with E-state index in [1.165, 1.54) is 0 Å². The van der Waals surface area contributed by atoms with Crippen molar-refractivity contribution in [2.45, 2.75) is 19.9 Å². The molecule has 2 rings (SSSR count). The van der Waals surface area contributed by atoms with Gasteiger partial charge in [-0.05, 0) is 25.1 Å². The van der Waals surface area contributed by atoms with Crippen molar-refractivity contribution >= 4 is 0 Å². The summed E-state index contributed by atoms with van der Waals surface area (Å²) in [4.78, 5) is 1.62. The maximum absolute atomic E-state index is 5.18. The van der Waals surface area contributed by atoms with Gasteiger partial charge in [0.25, 0.3) is 0 Å². The number of nitrogens with one attached hydrogen (secondary N) is 1. The van der Waals surface area contributed by atoms with E-state index in [4.69, 9.17) is 4.74 Å². The Morgan fingerprint density at radius 2 is 2.28 bits per heavy atom. The number of benzene rings is 1. The van der Waals surface area contributed by atoms with Crippen molar-refractivity contribution in [1.29, 1.82) is 0 Å². The molecule has 0 fully saturated rings. The number of methoxy groups -OCH3 is 1. The molecule has 1 aromatic heterocycles. The molecule has 0 atom stereocenters. The summed E-state index contributed by atoms with van der Waals surface area (Å²) in [5, 5.41) is 12.0. The Morgan fingerprint density at radius 1 is 1.39 bits per heavy atom. The molecule has 18 heavy (non-hydrogen) atoms. The Bertz CT molecular complexity index is 495. The minimum atomic E-state index is 0.748. The Kier molecular flexibility index (Phi) is 4.30. The van der Waals surface area contributed by atoms with E-state index in [0.717, 1.165) is 36.6 Å². The molecule has 0 aliphatic carbocycles. The van der Waals surface area contributed by atoms with Gasteiger partial charge in [0.15, 0.2) is 0 Å². The average molecular weight is 246 g/mol. The van der Waals surface area contributed by atoms with Crippen LogP contribution >= 0.6 is 0 Å². The maximum Gasteiger partial charge on any atom is 0.121 e. The maximum atomic E-state index is 5.18. The Balaban J connectivity index is 2.08. The normalized spacial score (nSPS) is 10.6. The molecule has 0 aliphatic heterocycles. The zero-order valence-corrected chi connectivity index (χ0v) is 10.8. The second-order valence-electron chi connectivity index (χ2n) is 4.00. The van der Waals surface area contributed by atoms with Crippen LogP contribution in [0.3, 0.4) is 0 Å². The van der Waals surface area contributed by atoms with E-state index in [1.807, 2.05) is 24.3 Å². The summed E-state index contributed by atoms with van der Waals surface area (Å²) in [5.41, 5.74) is 1.84. The lowest BCUT2D eigenvalue weighted by Crippen LogP contribution is -2.14. The summed E-state index contributed by atoms with van der Waals surface area (Å²) in [7, 11) is 1.65. The average Bonchev–Trinajstić information content (AvgIpc) is 2.88. The zero-order chi connectivity index (χ0) is 12.8. The first-order chi connectivity index (χ1) is 8.83. The predicted octanol–water partition coefficient (Wildman–Crippen LogP) is 1.78. The van der Waals surface area contributed by atoms with Crippen LogP contribution in [-0.4, -0.2) is 28.6 Å². The molecule has 0 aliphatic rings. The second kappa shape index (κ2) is 6.16. The molecule has 0 bridgehead atoms. The summed E-state index contributed by atoms with van der Waals surface area (Å²) < 4.78 is 5.18. The quantitative estimate of drug-likeness (QED) is 0.789. The van der Waals surface area contributed by atoms with Gasteiger partial charge >= 0.3 is 0 Å². The van der Waals surface area contributed by atoms with E-state index in [2.05, 4.69) is 22.4 Å². The lowest BCUT2D eigenvalue weighted by Gasteiger charge is -2.03. The molecule has 5 heteroatoms. The first-order valence-electron chi connectivity index (χ1n) is 6.10. The van der Waals surface area contributed by atoms with Crippen molar-refractivity contribution in [1.82, 2.24) is 20.3 Å². The van der Waals surface area contributed by atoms with E-state index in [0.29, 0.717) is 0 Å². The molecular formula is C13H18N4O. The molecule has 2 aromatic rings. The van der Waals surface area contributed by atoms with Crippen molar-refractivity contribution in [3.8, 4) is 11.4 Å². The van der Waals surface area contributed by atoms with E-state index in [1.54, 1.807) is 18.1 Å². The third-order valence-corrected chi connectivity index (χ3v) is 2.56. The molecule has 96 valence electrons. The third kappa shape index (κ3) is 3.07. The number of rotatable bonds is 6. The van der Waals surface area contributed by atoms with Gasteiger partial charge in [-0.2, -0.15) is 15.0 Å². The molecule has 1 aromatic carbocycles. The van der Waals surface area contributed by atoms with Crippen LogP contribution in [0.15, 0.2) is 30.5 Å². The molecule has 0 unspecified atom stereocenters. The number of ether oxygens (including phenoxy) is 1. The minimum Gasteiger partial charge on any atom is -0.497 e. The SMILES string of the molecule is CCCNCc1cnn(-c2cccc(OC)c2)n1. The third-order valence-electron chi connectivity index (χ3n) is 2.56. The van der Waals surface area contributed by atoms with E-state index >= 15 is 0 Å². The Labute approximate surface area is 107 Å².